The number of thioether (sulfide) groups is 1. The molecule has 1 aliphatic heterocycles. The largest absolute Gasteiger partial charge is 0.441 e. The van der Waals surface area contributed by atoms with E-state index in [-0.39, 0.29) is 36.1 Å². The second kappa shape index (κ2) is 6.37. The first-order chi connectivity index (χ1) is 7.90. The Morgan fingerprint density at radius 1 is 1.47 bits per heavy atom. The van der Waals surface area contributed by atoms with Crippen molar-refractivity contribution in [3.05, 3.63) is 0 Å². The summed E-state index contributed by atoms with van der Waals surface area (Å²) in [5, 5.41) is 2.52. The number of urea groups is 1. The van der Waals surface area contributed by atoms with Gasteiger partial charge in [-0.1, -0.05) is 0 Å². The highest BCUT2D eigenvalue weighted by atomic mass is 32.2. The number of rotatable bonds is 3. The lowest BCUT2D eigenvalue weighted by Crippen LogP contribution is -2.47. The number of halogens is 3. The minimum absolute atomic E-state index is 0.0478. The van der Waals surface area contributed by atoms with Gasteiger partial charge in [0.15, 0.2) is 0 Å². The highest BCUT2D eigenvalue weighted by molar-refractivity contribution is 8.00. The molecule has 2 amide bonds. The molecular formula is C10H17F3N2OS. The third kappa shape index (κ3) is 5.52. The van der Waals surface area contributed by atoms with Crippen LogP contribution < -0.4 is 5.32 Å². The number of nitrogens with one attached hydrogen (secondary N) is 1. The van der Waals surface area contributed by atoms with Crippen molar-refractivity contribution < 1.29 is 18.0 Å². The van der Waals surface area contributed by atoms with Crippen LogP contribution in [0.2, 0.25) is 0 Å². The van der Waals surface area contributed by atoms with E-state index in [1.807, 2.05) is 6.92 Å². The Morgan fingerprint density at radius 3 is 2.76 bits per heavy atom. The smallest absolute Gasteiger partial charge is 0.337 e. The molecule has 1 aliphatic rings. The van der Waals surface area contributed by atoms with E-state index < -0.39 is 5.51 Å². The molecule has 0 saturated carbocycles. The summed E-state index contributed by atoms with van der Waals surface area (Å²) in [6, 6.07) is -0.0704. The molecule has 1 atom stereocenters. The van der Waals surface area contributed by atoms with E-state index in [1.165, 1.54) is 0 Å². The molecule has 17 heavy (non-hydrogen) atoms. The van der Waals surface area contributed by atoms with Gasteiger partial charge in [0.05, 0.1) is 0 Å². The van der Waals surface area contributed by atoms with E-state index >= 15 is 0 Å². The normalized spacial score (nSPS) is 21.4. The SMILES string of the molecule is C[C@@H]1CCCCN1C(=O)NCCSC(F)(F)F. The Balaban J connectivity index is 2.20. The van der Waals surface area contributed by atoms with Gasteiger partial charge in [-0.2, -0.15) is 13.2 Å². The summed E-state index contributed by atoms with van der Waals surface area (Å²) in [6.45, 7) is 2.70. The quantitative estimate of drug-likeness (QED) is 0.800. The molecule has 1 fully saturated rings. The van der Waals surface area contributed by atoms with Crippen LogP contribution in [0.3, 0.4) is 0 Å². The predicted molar refractivity (Wildman–Crippen MR) is 61.9 cm³/mol. The fraction of sp³-hybridized carbons (Fsp3) is 0.900. The molecule has 7 heteroatoms. The summed E-state index contributed by atoms with van der Waals surface area (Å²) in [4.78, 5) is 13.4. The molecule has 0 aromatic heterocycles. The van der Waals surface area contributed by atoms with Gasteiger partial charge in [0.1, 0.15) is 0 Å². The Morgan fingerprint density at radius 2 is 2.18 bits per heavy atom. The van der Waals surface area contributed by atoms with Crippen molar-refractivity contribution in [3.8, 4) is 0 Å². The molecule has 0 bridgehead atoms. The standard InChI is InChI=1S/C10H17F3N2OS/c1-8-4-2-3-6-15(8)9(16)14-5-7-17-10(11,12)13/h8H,2-7H2,1H3,(H,14,16)/t8-/m1/s1. The van der Waals surface area contributed by atoms with Gasteiger partial charge >= 0.3 is 11.5 Å². The van der Waals surface area contributed by atoms with Crippen LogP contribution in [0, 0.1) is 0 Å². The molecule has 0 spiro atoms. The first-order valence-electron chi connectivity index (χ1n) is 5.65. The summed E-state index contributed by atoms with van der Waals surface area (Å²) >= 11 is -0.110. The van der Waals surface area contributed by atoms with Crippen molar-refractivity contribution in [1.29, 1.82) is 0 Å². The number of carbonyl (C=O) groups excluding carboxylic acids is 1. The number of alkyl halides is 3. The van der Waals surface area contributed by atoms with Crippen LogP contribution in [-0.2, 0) is 0 Å². The fourth-order valence-corrected chi connectivity index (χ4v) is 2.26. The van der Waals surface area contributed by atoms with Crippen molar-refractivity contribution in [2.24, 2.45) is 0 Å². The van der Waals surface area contributed by atoms with Gasteiger partial charge in [-0.25, -0.2) is 4.79 Å². The maximum absolute atomic E-state index is 11.8. The van der Waals surface area contributed by atoms with E-state index in [0.29, 0.717) is 6.54 Å². The van der Waals surface area contributed by atoms with E-state index in [2.05, 4.69) is 5.32 Å². The maximum Gasteiger partial charge on any atom is 0.441 e. The van der Waals surface area contributed by atoms with Gasteiger partial charge in [-0.05, 0) is 37.9 Å². The Hall–Kier alpha value is -0.590. The Labute approximate surface area is 103 Å². The van der Waals surface area contributed by atoms with E-state index in [4.69, 9.17) is 0 Å². The second-order valence-electron chi connectivity index (χ2n) is 4.06. The van der Waals surface area contributed by atoms with Crippen molar-refractivity contribution in [2.75, 3.05) is 18.8 Å². The summed E-state index contributed by atoms with van der Waals surface area (Å²) in [5.41, 5.74) is -4.22. The van der Waals surface area contributed by atoms with Crippen LogP contribution in [0.1, 0.15) is 26.2 Å². The van der Waals surface area contributed by atoms with E-state index in [9.17, 15) is 18.0 Å². The Bertz CT molecular complexity index is 260. The molecule has 1 N–H and O–H groups in total. The molecule has 0 aromatic carbocycles. The third-order valence-corrected chi connectivity index (χ3v) is 3.44. The van der Waals surface area contributed by atoms with Crippen molar-refractivity contribution >= 4 is 17.8 Å². The molecule has 1 saturated heterocycles. The molecule has 0 aliphatic carbocycles. The summed E-state index contributed by atoms with van der Waals surface area (Å²) in [5.74, 6) is -0.141. The number of carbonyl (C=O) groups is 1. The first-order valence-corrected chi connectivity index (χ1v) is 6.64. The number of piperidine rings is 1. The topological polar surface area (TPSA) is 32.3 Å². The molecule has 1 rings (SSSR count). The summed E-state index contributed by atoms with van der Waals surface area (Å²) in [6.07, 6.45) is 3.04. The number of hydrogen-bond donors (Lipinski definition) is 1. The van der Waals surface area contributed by atoms with E-state index in [0.717, 1.165) is 19.3 Å². The number of nitrogens with zero attached hydrogens (tertiary/aromatic N) is 1. The van der Waals surface area contributed by atoms with E-state index in [1.54, 1.807) is 4.90 Å². The highest BCUT2D eigenvalue weighted by Crippen LogP contribution is 2.29. The highest BCUT2D eigenvalue weighted by Gasteiger charge is 2.28. The van der Waals surface area contributed by atoms with Gasteiger partial charge in [-0.3, -0.25) is 0 Å². The Kier molecular flexibility index (Phi) is 5.42. The van der Waals surface area contributed by atoms with Crippen molar-refractivity contribution in [1.82, 2.24) is 10.2 Å². The van der Waals surface area contributed by atoms with Crippen LogP contribution >= 0.6 is 11.8 Å². The lowest BCUT2D eigenvalue weighted by atomic mass is 10.0. The van der Waals surface area contributed by atoms with Crippen LogP contribution in [0.15, 0.2) is 0 Å². The average molecular weight is 270 g/mol. The fourth-order valence-electron chi connectivity index (χ4n) is 1.83. The minimum atomic E-state index is -4.22. The number of hydrogen-bond acceptors (Lipinski definition) is 2. The molecule has 0 radical (unpaired) electrons. The monoisotopic (exact) mass is 270 g/mol. The van der Waals surface area contributed by atoms with Crippen LogP contribution in [0.4, 0.5) is 18.0 Å². The zero-order valence-corrected chi connectivity index (χ0v) is 10.5. The molecule has 0 aromatic rings. The number of amides is 2. The average Bonchev–Trinajstić information content (AvgIpc) is 2.23. The predicted octanol–water partition coefficient (Wildman–Crippen LogP) is 2.82. The van der Waals surface area contributed by atoms with Gasteiger partial charge in [0, 0.05) is 24.9 Å². The van der Waals surface area contributed by atoms with Crippen LogP contribution in [0.25, 0.3) is 0 Å². The lowest BCUT2D eigenvalue weighted by Gasteiger charge is -2.33. The zero-order valence-electron chi connectivity index (χ0n) is 9.72. The van der Waals surface area contributed by atoms with Gasteiger partial charge in [0.2, 0.25) is 0 Å². The molecule has 100 valence electrons. The maximum atomic E-state index is 11.8. The zero-order chi connectivity index (χ0) is 12.9. The van der Waals surface area contributed by atoms with Crippen molar-refractivity contribution in [3.63, 3.8) is 0 Å². The van der Waals surface area contributed by atoms with Crippen LogP contribution in [-0.4, -0.2) is 41.3 Å². The van der Waals surface area contributed by atoms with Crippen molar-refractivity contribution in [2.45, 2.75) is 37.7 Å². The third-order valence-electron chi connectivity index (χ3n) is 2.71. The van der Waals surface area contributed by atoms with Gasteiger partial charge in [-0.15, -0.1) is 0 Å². The minimum Gasteiger partial charge on any atom is -0.337 e. The molecule has 3 nitrogen and oxygen atoms in total. The van der Waals surface area contributed by atoms with Crippen LogP contribution in [0.5, 0.6) is 0 Å². The summed E-state index contributed by atoms with van der Waals surface area (Å²) in [7, 11) is 0. The molecule has 1 heterocycles. The van der Waals surface area contributed by atoms with Gasteiger partial charge < -0.3 is 10.2 Å². The molecular weight excluding hydrogens is 253 g/mol. The molecule has 0 unspecified atom stereocenters. The lowest BCUT2D eigenvalue weighted by molar-refractivity contribution is -0.0327. The second-order valence-corrected chi connectivity index (χ2v) is 5.22. The summed E-state index contributed by atoms with van der Waals surface area (Å²) < 4.78 is 35.5. The van der Waals surface area contributed by atoms with Gasteiger partial charge in [0.25, 0.3) is 0 Å². The number of likely N-dealkylation sites (tertiary alicyclic amines) is 1. The first kappa shape index (κ1) is 14.5.